The molecule has 1 N–H and O–H groups in total. The molecule has 1 fully saturated rings. The van der Waals surface area contributed by atoms with E-state index in [1.54, 1.807) is 39.0 Å². The zero-order valence-corrected chi connectivity index (χ0v) is 25.0. The van der Waals surface area contributed by atoms with Crippen molar-refractivity contribution in [3.63, 3.8) is 0 Å². The van der Waals surface area contributed by atoms with Crippen LogP contribution in [0.4, 0.5) is 11.4 Å². The summed E-state index contributed by atoms with van der Waals surface area (Å²) in [4.78, 5) is 29.5. The molecule has 222 valence electrons. The fourth-order valence-corrected chi connectivity index (χ4v) is 4.92. The van der Waals surface area contributed by atoms with E-state index >= 15 is 0 Å². The van der Waals surface area contributed by atoms with Gasteiger partial charge >= 0.3 is 5.97 Å². The van der Waals surface area contributed by atoms with Crippen LogP contribution in [0.1, 0.15) is 66.3 Å². The smallest absolute Gasteiger partial charge is 0.340 e. The van der Waals surface area contributed by atoms with Gasteiger partial charge in [-0.2, -0.15) is 0 Å². The maximum atomic E-state index is 14.0. The average Bonchev–Trinajstić information content (AvgIpc) is 3.00. The largest absolute Gasteiger partial charge is 0.488 e. The summed E-state index contributed by atoms with van der Waals surface area (Å²) in [7, 11) is 0. The number of nitrogens with one attached hydrogen (secondary N) is 1. The molecule has 1 heterocycles. The Kier molecular flexibility index (Phi) is 9.30. The van der Waals surface area contributed by atoms with Crippen LogP contribution in [0.5, 0.6) is 17.2 Å². The Labute approximate surface area is 253 Å². The number of rotatable bonds is 9. The summed E-state index contributed by atoms with van der Waals surface area (Å²) in [5, 5.41) is 2.97. The van der Waals surface area contributed by atoms with Gasteiger partial charge in [0.2, 0.25) is 0 Å². The number of nitrogens with zero attached hydrogens (tertiary/aromatic N) is 1. The highest BCUT2D eigenvalue weighted by molar-refractivity contribution is 6.10. The van der Waals surface area contributed by atoms with Crippen LogP contribution < -0.4 is 19.7 Å². The molecule has 0 aliphatic carbocycles. The standard InChI is InChI=1S/C36H38N2O5/c1-36(2,3)43-35(40)30-19-18-29(42-28-15-9-5-10-16-28)24-32(30)37-34(39)31-23-27(38-21-11-6-12-22-38)17-20-33(31)41-25-26-13-7-4-8-14-26/h4-5,7-10,13-20,23-24H,6,11-12,21-22,25H2,1-3H3,(H,37,39). The number of ether oxygens (including phenoxy) is 3. The number of esters is 1. The molecule has 1 amide bonds. The summed E-state index contributed by atoms with van der Waals surface area (Å²) in [5.41, 5.74) is 2.13. The minimum absolute atomic E-state index is 0.225. The highest BCUT2D eigenvalue weighted by Crippen LogP contribution is 2.32. The summed E-state index contributed by atoms with van der Waals surface area (Å²) in [5.74, 6) is 0.616. The number of amides is 1. The van der Waals surface area contributed by atoms with Gasteiger partial charge in [-0.3, -0.25) is 4.79 Å². The number of para-hydroxylation sites is 1. The Hall–Kier alpha value is -4.78. The third-order valence-electron chi connectivity index (χ3n) is 7.00. The Morgan fingerprint density at radius 2 is 1.47 bits per heavy atom. The molecule has 0 unspecified atom stereocenters. The molecule has 7 nitrogen and oxygen atoms in total. The van der Waals surface area contributed by atoms with Crippen molar-refractivity contribution in [2.24, 2.45) is 0 Å². The van der Waals surface area contributed by atoms with Crippen molar-refractivity contribution in [1.82, 2.24) is 0 Å². The van der Waals surface area contributed by atoms with Crippen molar-refractivity contribution in [1.29, 1.82) is 0 Å². The summed E-state index contributed by atoms with van der Waals surface area (Å²) < 4.78 is 17.8. The van der Waals surface area contributed by atoms with Gasteiger partial charge in [-0.15, -0.1) is 0 Å². The van der Waals surface area contributed by atoms with Crippen molar-refractivity contribution in [3.8, 4) is 17.2 Å². The van der Waals surface area contributed by atoms with Gasteiger partial charge in [0.05, 0.1) is 16.8 Å². The van der Waals surface area contributed by atoms with Crippen LogP contribution in [0.25, 0.3) is 0 Å². The first-order valence-corrected chi connectivity index (χ1v) is 14.7. The highest BCUT2D eigenvalue weighted by atomic mass is 16.6. The van der Waals surface area contributed by atoms with Gasteiger partial charge in [0.25, 0.3) is 5.91 Å². The molecule has 0 spiro atoms. The molecule has 4 aromatic rings. The van der Waals surface area contributed by atoms with E-state index in [1.807, 2.05) is 78.9 Å². The maximum absolute atomic E-state index is 14.0. The predicted molar refractivity (Wildman–Crippen MR) is 169 cm³/mol. The molecule has 1 saturated heterocycles. The van der Waals surface area contributed by atoms with Gasteiger partial charge in [-0.05, 0) is 88.1 Å². The summed E-state index contributed by atoms with van der Waals surface area (Å²) in [6.45, 7) is 7.60. The lowest BCUT2D eigenvalue weighted by Gasteiger charge is -2.29. The van der Waals surface area contributed by atoms with Gasteiger partial charge < -0.3 is 24.4 Å². The molecule has 0 bridgehead atoms. The lowest BCUT2D eigenvalue weighted by Crippen LogP contribution is -2.29. The van der Waals surface area contributed by atoms with Crippen molar-refractivity contribution >= 4 is 23.3 Å². The lowest BCUT2D eigenvalue weighted by atomic mass is 10.1. The third-order valence-corrected chi connectivity index (χ3v) is 7.00. The number of benzene rings is 4. The highest BCUT2D eigenvalue weighted by Gasteiger charge is 2.24. The first-order chi connectivity index (χ1) is 20.7. The number of hydrogen-bond acceptors (Lipinski definition) is 6. The van der Waals surface area contributed by atoms with E-state index in [4.69, 9.17) is 14.2 Å². The molecular weight excluding hydrogens is 540 g/mol. The van der Waals surface area contributed by atoms with Crippen LogP contribution >= 0.6 is 0 Å². The molecule has 0 aromatic heterocycles. The van der Waals surface area contributed by atoms with Gasteiger partial charge in [-0.25, -0.2) is 4.79 Å². The molecule has 0 radical (unpaired) electrons. The molecule has 4 aromatic carbocycles. The van der Waals surface area contributed by atoms with Gasteiger partial charge in [0, 0.05) is 24.8 Å². The van der Waals surface area contributed by atoms with Crippen molar-refractivity contribution < 1.29 is 23.8 Å². The molecule has 0 saturated carbocycles. The average molecular weight is 579 g/mol. The molecular formula is C36H38N2O5. The summed E-state index contributed by atoms with van der Waals surface area (Å²) in [6.07, 6.45) is 3.43. The Morgan fingerprint density at radius 1 is 0.767 bits per heavy atom. The van der Waals surface area contributed by atoms with Crippen molar-refractivity contribution in [3.05, 3.63) is 114 Å². The second kappa shape index (κ2) is 13.5. The van der Waals surface area contributed by atoms with Gasteiger partial charge in [0.1, 0.15) is 29.5 Å². The Balaban J connectivity index is 1.48. The van der Waals surface area contributed by atoms with Gasteiger partial charge in [-0.1, -0.05) is 48.5 Å². The van der Waals surface area contributed by atoms with Crippen LogP contribution in [-0.4, -0.2) is 30.6 Å². The Bertz CT molecular complexity index is 1540. The number of anilines is 2. The minimum Gasteiger partial charge on any atom is -0.488 e. The number of hydrogen-bond donors (Lipinski definition) is 1. The van der Waals surface area contributed by atoms with E-state index in [9.17, 15) is 9.59 Å². The van der Waals surface area contributed by atoms with Crippen LogP contribution in [0.3, 0.4) is 0 Å². The van der Waals surface area contributed by atoms with Crippen LogP contribution in [0, 0.1) is 0 Å². The number of carbonyl (C=O) groups is 2. The van der Waals surface area contributed by atoms with Crippen molar-refractivity contribution in [2.45, 2.75) is 52.2 Å². The fourth-order valence-electron chi connectivity index (χ4n) is 4.92. The van der Waals surface area contributed by atoms with Crippen LogP contribution in [0.2, 0.25) is 0 Å². The molecule has 0 atom stereocenters. The predicted octanol–water partition coefficient (Wildman–Crippen LogP) is 8.26. The topological polar surface area (TPSA) is 77.1 Å². The van der Waals surface area contributed by atoms with E-state index in [1.165, 1.54) is 6.42 Å². The zero-order chi connectivity index (χ0) is 30.2. The summed E-state index contributed by atoms with van der Waals surface area (Å²) >= 11 is 0. The monoisotopic (exact) mass is 578 g/mol. The maximum Gasteiger partial charge on any atom is 0.340 e. The number of carbonyl (C=O) groups excluding carboxylic acids is 2. The van der Waals surface area contributed by atoms with E-state index < -0.39 is 17.5 Å². The quantitative estimate of drug-likeness (QED) is 0.202. The first kappa shape index (κ1) is 29.7. The van der Waals surface area contributed by atoms with E-state index in [-0.39, 0.29) is 11.3 Å². The first-order valence-electron chi connectivity index (χ1n) is 14.7. The molecule has 1 aliphatic heterocycles. The minimum atomic E-state index is -0.710. The van der Waals surface area contributed by atoms with E-state index in [0.29, 0.717) is 29.4 Å². The Morgan fingerprint density at radius 3 is 2.16 bits per heavy atom. The molecule has 7 heteroatoms. The normalized spacial score (nSPS) is 13.2. The summed E-state index contributed by atoms with van der Waals surface area (Å²) in [6, 6.07) is 29.8. The van der Waals surface area contributed by atoms with Crippen LogP contribution in [-0.2, 0) is 11.3 Å². The second-order valence-electron chi connectivity index (χ2n) is 11.6. The SMILES string of the molecule is CC(C)(C)OC(=O)c1ccc(Oc2ccccc2)cc1NC(=O)c1cc(N2CCCCC2)ccc1OCc1ccccc1. The van der Waals surface area contributed by atoms with E-state index in [2.05, 4.69) is 10.2 Å². The molecule has 43 heavy (non-hydrogen) atoms. The molecule has 5 rings (SSSR count). The lowest BCUT2D eigenvalue weighted by molar-refractivity contribution is 0.00707. The van der Waals surface area contributed by atoms with Crippen LogP contribution in [0.15, 0.2) is 97.1 Å². The van der Waals surface area contributed by atoms with Gasteiger partial charge in [0.15, 0.2) is 0 Å². The van der Waals surface area contributed by atoms with Crippen molar-refractivity contribution in [2.75, 3.05) is 23.3 Å². The second-order valence-corrected chi connectivity index (χ2v) is 11.6. The van der Waals surface area contributed by atoms with E-state index in [0.717, 1.165) is 37.2 Å². The zero-order valence-electron chi connectivity index (χ0n) is 25.0. The third kappa shape index (κ3) is 8.16. The fraction of sp³-hybridized carbons (Fsp3) is 0.278. The number of piperidine rings is 1. The molecule has 1 aliphatic rings.